The Labute approximate surface area is 206 Å². The molecule has 0 rings (SSSR count). The molecular formula is C27H50NO6+. The van der Waals surface area contributed by atoms with Gasteiger partial charge in [0.1, 0.15) is 0 Å². The van der Waals surface area contributed by atoms with Gasteiger partial charge >= 0.3 is 17.9 Å². The lowest BCUT2D eigenvalue weighted by molar-refractivity contribution is -0.929. The van der Waals surface area contributed by atoms with E-state index in [2.05, 4.69) is 19.1 Å². The largest absolute Gasteiger partial charge is 0.481 e. The van der Waals surface area contributed by atoms with E-state index in [1.165, 1.54) is 19.3 Å². The molecule has 0 bridgehead atoms. The van der Waals surface area contributed by atoms with Crippen molar-refractivity contribution in [1.29, 1.82) is 0 Å². The van der Waals surface area contributed by atoms with Crippen molar-refractivity contribution in [1.82, 2.24) is 0 Å². The number of carboxylic acid groups (broad SMARTS) is 3. The molecule has 3 N–H and O–H groups in total. The molecule has 0 amide bonds. The zero-order valence-electron chi connectivity index (χ0n) is 21.5. The molecule has 198 valence electrons. The number of rotatable bonds is 25. The number of quaternary nitrogens is 1. The summed E-state index contributed by atoms with van der Waals surface area (Å²) in [6.45, 7) is 5.85. The molecule has 0 atom stereocenters. The van der Waals surface area contributed by atoms with Gasteiger partial charge in [-0.15, -0.1) is 0 Å². The van der Waals surface area contributed by atoms with E-state index in [0.29, 0.717) is 19.3 Å². The van der Waals surface area contributed by atoms with Gasteiger partial charge in [0.15, 0.2) is 0 Å². The van der Waals surface area contributed by atoms with E-state index in [9.17, 15) is 14.4 Å². The van der Waals surface area contributed by atoms with Gasteiger partial charge in [0.25, 0.3) is 0 Å². The van der Waals surface area contributed by atoms with Gasteiger partial charge in [0.2, 0.25) is 0 Å². The molecule has 0 saturated heterocycles. The lowest BCUT2D eigenvalue weighted by Gasteiger charge is -2.39. The van der Waals surface area contributed by atoms with Crippen molar-refractivity contribution < 1.29 is 34.2 Å². The number of unbranched alkanes of at least 4 members (excludes halogenated alkanes) is 9. The Morgan fingerprint density at radius 3 is 1.24 bits per heavy atom. The van der Waals surface area contributed by atoms with Crippen molar-refractivity contribution in [2.24, 2.45) is 0 Å². The molecule has 0 heterocycles. The number of hydrogen-bond donors (Lipinski definition) is 3. The highest BCUT2D eigenvalue weighted by molar-refractivity contribution is 5.67. The van der Waals surface area contributed by atoms with E-state index < -0.39 is 17.9 Å². The Hall–Kier alpha value is -1.89. The van der Waals surface area contributed by atoms with Crippen molar-refractivity contribution in [2.45, 2.75) is 116 Å². The predicted octanol–water partition coefficient (Wildman–Crippen LogP) is 6.26. The molecule has 0 spiro atoms. The Morgan fingerprint density at radius 2 is 0.882 bits per heavy atom. The average molecular weight is 485 g/mol. The van der Waals surface area contributed by atoms with Crippen LogP contribution in [-0.4, -0.2) is 63.9 Å². The predicted molar refractivity (Wildman–Crippen MR) is 136 cm³/mol. The average Bonchev–Trinajstić information content (AvgIpc) is 2.78. The molecule has 0 unspecified atom stereocenters. The Morgan fingerprint density at radius 1 is 0.529 bits per heavy atom. The van der Waals surface area contributed by atoms with Crippen LogP contribution in [0.1, 0.15) is 116 Å². The van der Waals surface area contributed by atoms with Crippen molar-refractivity contribution in [3.05, 3.63) is 12.2 Å². The molecule has 0 saturated carbocycles. The second-order valence-corrected chi connectivity index (χ2v) is 9.61. The summed E-state index contributed by atoms with van der Waals surface area (Å²) in [5.74, 6) is -2.32. The first-order valence-corrected chi connectivity index (χ1v) is 13.5. The molecule has 7 nitrogen and oxygen atoms in total. The van der Waals surface area contributed by atoms with E-state index >= 15 is 0 Å². The van der Waals surface area contributed by atoms with Crippen molar-refractivity contribution in [3.63, 3.8) is 0 Å². The van der Waals surface area contributed by atoms with Gasteiger partial charge < -0.3 is 19.8 Å². The molecule has 0 fully saturated rings. The normalized spacial score (nSPS) is 11.8. The number of nitrogens with zero attached hydrogens (tertiary/aromatic N) is 1. The van der Waals surface area contributed by atoms with Crippen LogP contribution in [0.4, 0.5) is 0 Å². The van der Waals surface area contributed by atoms with E-state index in [1.807, 2.05) is 0 Å². The maximum atomic E-state index is 10.9. The second-order valence-electron chi connectivity index (χ2n) is 9.61. The van der Waals surface area contributed by atoms with Crippen molar-refractivity contribution >= 4 is 17.9 Å². The van der Waals surface area contributed by atoms with Gasteiger partial charge in [-0.3, -0.25) is 14.4 Å². The third-order valence-corrected chi connectivity index (χ3v) is 6.46. The fourth-order valence-corrected chi connectivity index (χ4v) is 4.48. The van der Waals surface area contributed by atoms with Crippen LogP contribution in [0.25, 0.3) is 0 Å². The van der Waals surface area contributed by atoms with Crippen molar-refractivity contribution in [2.75, 3.05) is 26.2 Å². The fourth-order valence-electron chi connectivity index (χ4n) is 4.48. The van der Waals surface area contributed by atoms with Crippen LogP contribution in [-0.2, 0) is 14.4 Å². The lowest BCUT2D eigenvalue weighted by atomic mass is 10.1. The Kier molecular flexibility index (Phi) is 20.4. The minimum Gasteiger partial charge on any atom is -0.481 e. The number of carboxylic acids is 3. The van der Waals surface area contributed by atoms with Gasteiger partial charge in [-0.05, 0) is 77.0 Å². The number of aliphatic carboxylic acids is 3. The topological polar surface area (TPSA) is 112 Å². The van der Waals surface area contributed by atoms with Gasteiger partial charge in [-0.2, -0.15) is 0 Å². The second kappa shape index (κ2) is 21.6. The molecular weight excluding hydrogens is 434 g/mol. The summed E-state index contributed by atoms with van der Waals surface area (Å²) in [6, 6.07) is 0. The van der Waals surface area contributed by atoms with Gasteiger partial charge in [0, 0.05) is 19.3 Å². The third kappa shape index (κ3) is 20.7. The monoisotopic (exact) mass is 484 g/mol. The highest BCUT2D eigenvalue weighted by atomic mass is 16.4. The fraction of sp³-hybridized carbons (Fsp3) is 0.815. The van der Waals surface area contributed by atoms with Crippen LogP contribution < -0.4 is 0 Å². The lowest BCUT2D eigenvalue weighted by Crippen LogP contribution is -2.51. The summed E-state index contributed by atoms with van der Waals surface area (Å²) in [5, 5.41) is 26.9. The maximum absolute atomic E-state index is 10.9. The summed E-state index contributed by atoms with van der Waals surface area (Å²) in [4.78, 5) is 32.8. The number of hydrogen-bond acceptors (Lipinski definition) is 3. The first-order valence-electron chi connectivity index (χ1n) is 13.5. The van der Waals surface area contributed by atoms with Gasteiger partial charge in [-0.1, -0.05) is 31.9 Å². The molecule has 0 aliphatic rings. The molecule has 7 heteroatoms. The first-order chi connectivity index (χ1) is 16.3. The molecule has 34 heavy (non-hydrogen) atoms. The molecule has 0 aromatic carbocycles. The number of carbonyl (C=O) groups is 3. The van der Waals surface area contributed by atoms with Gasteiger partial charge in [-0.25, -0.2) is 0 Å². The highest BCUT2D eigenvalue weighted by Gasteiger charge is 2.26. The molecule has 0 aromatic rings. The minimum atomic E-state index is -0.774. The smallest absolute Gasteiger partial charge is 0.303 e. The van der Waals surface area contributed by atoms with Crippen LogP contribution in [0.2, 0.25) is 0 Å². The summed E-state index contributed by atoms with van der Waals surface area (Å²) < 4.78 is 0.853. The zero-order valence-corrected chi connectivity index (χ0v) is 21.5. The first kappa shape index (κ1) is 32.1. The SMILES string of the molecule is CCCCC/C=C/CCCCC[N+](CCCCC(=O)O)(CCCCC(=O)O)CCCCC(=O)O. The summed E-state index contributed by atoms with van der Waals surface area (Å²) >= 11 is 0. The quantitative estimate of drug-likeness (QED) is 0.0800. The maximum Gasteiger partial charge on any atom is 0.303 e. The van der Waals surface area contributed by atoms with E-state index in [0.717, 1.165) is 82.0 Å². The summed E-state index contributed by atoms with van der Waals surface area (Å²) in [7, 11) is 0. The van der Waals surface area contributed by atoms with Gasteiger partial charge in [0.05, 0.1) is 26.2 Å². The van der Waals surface area contributed by atoms with E-state index in [-0.39, 0.29) is 19.3 Å². The van der Waals surface area contributed by atoms with E-state index in [1.54, 1.807) is 0 Å². The standard InChI is InChI=1S/C27H49NO6/c1-2-3-4-5-6-7-8-9-10-14-21-28(22-15-11-18-25(29)30,23-16-12-19-26(31)32)24-17-13-20-27(33)34/h6-7H,2-5,8-24H2,1H3,(H2-,29,30,31,32,33,34)/p+1/b7-6+. The van der Waals surface area contributed by atoms with Crippen LogP contribution in [0.3, 0.4) is 0 Å². The third-order valence-electron chi connectivity index (χ3n) is 6.46. The molecule has 0 aliphatic heterocycles. The zero-order chi connectivity index (χ0) is 25.5. The van der Waals surface area contributed by atoms with Crippen LogP contribution >= 0.6 is 0 Å². The van der Waals surface area contributed by atoms with Crippen molar-refractivity contribution in [3.8, 4) is 0 Å². The van der Waals surface area contributed by atoms with Crippen LogP contribution in [0, 0.1) is 0 Å². The highest BCUT2D eigenvalue weighted by Crippen LogP contribution is 2.19. The summed E-state index contributed by atoms with van der Waals surface area (Å²) in [6.07, 6.45) is 18.9. The molecule has 0 aliphatic carbocycles. The summed E-state index contributed by atoms with van der Waals surface area (Å²) in [5.41, 5.74) is 0. The Bertz CT molecular complexity index is 520. The number of allylic oxidation sites excluding steroid dienone is 2. The minimum absolute atomic E-state index is 0.169. The van der Waals surface area contributed by atoms with Crippen LogP contribution in [0.15, 0.2) is 12.2 Å². The van der Waals surface area contributed by atoms with Crippen LogP contribution in [0.5, 0.6) is 0 Å². The van der Waals surface area contributed by atoms with E-state index in [4.69, 9.17) is 15.3 Å². The molecule has 0 radical (unpaired) electrons. The Balaban J connectivity index is 4.81. The molecule has 0 aromatic heterocycles.